The van der Waals surface area contributed by atoms with Crippen LogP contribution in [0, 0.1) is 0 Å². The monoisotopic (exact) mass is 227 g/mol. The van der Waals surface area contributed by atoms with Gasteiger partial charge in [-0.05, 0) is 25.5 Å². The normalized spacial score (nSPS) is 27.7. The smallest absolute Gasteiger partial charge is 0.346 e. The lowest BCUT2D eigenvalue weighted by Crippen LogP contribution is -2.42. The van der Waals surface area contributed by atoms with Gasteiger partial charge in [0, 0.05) is 11.3 Å². The lowest BCUT2D eigenvalue weighted by molar-refractivity contribution is -0.174. The van der Waals surface area contributed by atoms with Crippen LogP contribution < -0.4 is 5.32 Å². The summed E-state index contributed by atoms with van der Waals surface area (Å²) in [6, 6.07) is -0.304. The molecule has 6 heteroatoms. The molecule has 0 bridgehead atoms. The fourth-order valence-electron chi connectivity index (χ4n) is 1.55. The molecule has 1 amide bonds. The van der Waals surface area contributed by atoms with Crippen LogP contribution in [-0.2, 0) is 4.79 Å². The van der Waals surface area contributed by atoms with Crippen molar-refractivity contribution in [3.8, 4) is 0 Å². The molecule has 1 aliphatic rings. The van der Waals surface area contributed by atoms with Crippen molar-refractivity contribution in [2.24, 2.45) is 0 Å². The second kappa shape index (κ2) is 4.42. The van der Waals surface area contributed by atoms with E-state index in [9.17, 15) is 18.0 Å². The third-order valence-corrected chi connectivity index (χ3v) is 3.41. The van der Waals surface area contributed by atoms with Gasteiger partial charge in [-0.1, -0.05) is 0 Å². The number of carbonyl (C=O) groups excluding carboxylic acids is 1. The molecule has 14 heavy (non-hydrogen) atoms. The van der Waals surface area contributed by atoms with Gasteiger partial charge in [-0.25, -0.2) is 0 Å². The van der Waals surface area contributed by atoms with Crippen molar-refractivity contribution < 1.29 is 18.0 Å². The van der Waals surface area contributed by atoms with Crippen molar-refractivity contribution in [3.05, 3.63) is 0 Å². The van der Waals surface area contributed by atoms with E-state index < -0.39 is 12.1 Å². The summed E-state index contributed by atoms with van der Waals surface area (Å²) in [5, 5.41) is 2.39. The Bertz CT molecular complexity index is 219. The van der Waals surface area contributed by atoms with Gasteiger partial charge in [0.1, 0.15) is 0 Å². The number of rotatable bonds is 2. The number of hydrogen-bond donors (Lipinski definition) is 1. The maximum atomic E-state index is 11.9. The van der Waals surface area contributed by atoms with E-state index in [2.05, 4.69) is 0 Å². The van der Waals surface area contributed by atoms with E-state index in [1.807, 2.05) is 11.6 Å². The van der Waals surface area contributed by atoms with Gasteiger partial charge >= 0.3 is 12.1 Å². The minimum absolute atomic E-state index is 0.304. The van der Waals surface area contributed by atoms with Gasteiger partial charge in [0.15, 0.2) is 0 Å². The van der Waals surface area contributed by atoms with Gasteiger partial charge in [0.2, 0.25) is 0 Å². The predicted octanol–water partition coefficient (Wildman–Crippen LogP) is 1.95. The van der Waals surface area contributed by atoms with E-state index >= 15 is 0 Å². The van der Waals surface area contributed by atoms with E-state index in [0.29, 0.717) is 18.1 Å². The molecular weight excluding hydrogens is 215 g/mol. The largest absolute Gasteiger partial charge is 0.471 e. The summed E-state index contributed by atoms with van der Waals surface area (Å²) in [5.74, 6) is -1.82. The molecule has 0 aromatic rings. The van der Waals surface area contributed by atoms with Crippen molar-refractivity contribution >= 4 is 17.7 Å². The Morgan fingerprint density at radius 2 is 2.07 bits per heavy atom. The second-order valence-corrected chi connectivity index (χ2v) is 4.48. The molecule has 0 aromatic carbocycles. The molecule has 82 valence electrons. The highest BCUT2D eigenvalue weighted by Crippen LogP contribution is 2.28. The second-order valence-electron chi connectivity index (χ2n) is 3.34. The van der Waals surface area contributed by atoms with Crippen LogP contribution in [0.4, 0.5) is 13.2 Å². The van der Waals surface area contributed by atoms with Crippen LogP contribution in [0.5, 0.6) is 0 Å². The molecule has 0 spiro atoms. The average Bonchev–Trinajstić information content (AvgIpc) is 2.50. The minimum atomic E-state index is -4.75. The van der Waals surface area contributed by atoms with Crippen molar-refractivity contribution in [3.63, 3.8) is 0 Å². The SMILES string of the molecule is CSC1CCC(NC(=O)C(F)(F)F)C1. The van der Waals surface area contributed by atoms with Gasteiger partial charge < -0.3 is 5.32 Å². The highest BCUT2D eigenvalue weighted by Gasteiger charge is 2.40. The minimum Gasteiger partial charge on any atom is -0.346 e. The number of thioether (sulfide) groups is 1. The first kappa shape index (κ1) is 11.7. The molecule has 0 heterocycles. The Balaban J connectivity index is 2.36. The zero-order valence-corrected chi connectivity index (χ0v) is 8.54. The van der Waals surface area contributed by atoms with E-state index in [1.165, 1.54) is 0 Å². The molecule has 2 unspecified atom stereocenters. The quantitative estimate of drug-likeness (QED) is 0.781. The fourth-order valence-corrected chi connectivity index (χ4v) is 2.35. The predicted molar refractivity (Wildman–Crippen MR) is 49.1 cm³/mol. The van der Waals surface area contributed by atoms with Crippen LogP contribution in [0.15, 0.2) is 0 Å². The molecule has 2 atom stereocenters. The fraction of sp³-hybridized carbons (Fsp3) is 0.875. The number of amides is 1. The molecule has 1 aliphatic carbocycles. The van der Waals surface area contributed by atoms with E-state index in [1.54, 1.807) is 11.8 Å². The highest BCUT2D eigenvalue weighted by atomic mass is 32.2. The first-order valence-corrected chi connectivity index (χ1v) is 5.62. The van der Waals surface area contributed by atoms with E-state index in [-0.39, 0.29) is 6.04 Å². The van der Waals surface area contributed by atoms with Crippen molar-refractivity contribution in [2.45, 2.75) is 36.7 Å². The molecule has 1 N–H and O–H groups in total. The Labute approximate surface area is 84.6 Å². The Kier molecular flexibility index (Phi) is 3.69. The maximum absolute atomic E-state index is 11.9. The zero-order chi connectivity index (χ0) is 10.8. The first-order chi connectivity index (χ1) is 6.43. The molecule has 1 saturated carbocycles. The van der Waals surface area contributed by atoms with Gasteiger partial charge in [0.25, 0.3) is 0 Å². The number of hydrogen-bond acceptors (Lipinski definition) is 2. The van der Waals surface area contributed by atoms with Gasteiger partial charge in [-0.2, -0.15) is 24.9 Å². The standard InChI is InChI=1S/C8H12F3NOS/c1-14-6-3-2-5(4-6)12-7(13)8(9,10)11/h5-6H,2-4H2,1H3,(H,12,13). The van der Waals surface area contributed by atoms with E-state index in [0.717, 1.165) is 6.42 Å². The molecule has 0 aliphatic heterocycles. The third-order valence-electron chi connectivity index (χ3n) is 2.31. The summed E-state index contributed by atoms with van der Waals surface area (Å²) in [5.41, 5.74) is 0. The maximum Gasteiger partial charge on any atom is 0.471 e. The Morgan fingerprint density at radius 1 is 1.43 bits per heavy atom. The van der Waals surface area contributed by atoms with E-state index in [4.69, 9.17) is 0 Å². The number of alkyl halides is 3. The molecule has 0 saturated heterocycles. The summed E-state index contributed by atoms with van der Waals surface area (Å²) in [7, 11) is 0. The number of nitrogens with one attached hydrogen (secondary N) is 1. The molecular formula is C8H12F3NOS. The van der Waals surface area contributed by atoms with Crippen LogP contribution in [0.25, 0.3) is 0 Å². The molecule has 0 radical (unpaired) electrons. The van der Waals surface area contributed by atoms with Crippen molar-refractivity contribution in [2.75, 3.05) is 6.26 Å². The molecule has 1 rings (SSSR count). The van der Waals surface area contributed by atoms with Crippen LogP contribution >= 0.6 is 11.8 Å². The topological polar surface area (TPSA) is 29.1 Å². The van der Waals surface area contributed by atoms with Crippen LogP contribution in [0.3, 0.4) is 0 Å². The first-order valence-electron chi connectivity index (χ1n) is 4.34. The van der Waals surface area contributed by atoms with Crippen LogP contribution in [0.1, 0.15) is 19.3 Å². The summed E-state index contributed by atoms with van der Waals surface area (Å²) < 4.78 is 35.6. The number of halogens is 3. The Hall–Kier alpha value is -0.390. The lowest BCUT2D eigenvalue weighted by Gasteiger charge is -2.13. The summed E-state index contributed by atoms with van der Waals surface area (Å²) in [6.45, 7) is 0. The van der Waals surface area contributed by atoms with Crippen molar-refractivity contribution in [1.82, 2.24) is 5.32 Å². The van der Waals surface area contributed by atoms with Crippen molar-refractivity contribution in [1.29, 1.82) is 0 Å². The van der Waals surface area contributed by atoms with Gasteiger partial charge in [-0.15, -0.1) is 0 Å². The van der Waals surface area contributed by atoms with Crippen LogP contribution in [0.2, 0.25) is 0 Å². The molecule has 1 fully saturated rings. The third kappa shape index (κ3) is 3.08. The highest BCUT2D eigenvalue weighted by molar-refractivity contribution is 7.99. The average molecular weight is 227 g/mol. The molecule has 0 aromatic heterocycles. The van der Waals surface area contributed by atoms with Crippen LogP contribution in [-0.4, -0.2) is 29.6 Å². The van der Waals surface area contributed by atoms with Gasteiger partial charge in [0.05, 0.1) is 0 Å². The van der Waals surface area contributed by atoms with Gasteiger partial charge in [-0.3, -0.25) is 4.79 Å². The zero-order valence-electron chi connectivity index (χ0n) is 7.73. The summed E-state index contributed by atoms with van der Waals surface area (Å²) in [6.07, 6.45) is -0.656. The Morgan fingerprint density at radius 3 is 2.50 bits per heavy atom. The number of carbonyl (C=O) groups is 1. The molecule has 2 nitrogen and oxygen atoms in total. The summed E-state index contributed by atoms with van der Waals surface area (Å²) in [4.78, 5) is 10.6. The summed E-state index contributed by atoms with van der Waals surface area (Å²) >= 11 is 1.64. The lowest BCUT2D eigenvalue weighted by atomic mass is 10.2.